The van der Waals surface area contributed by atoms with Gasteiger partial charge in [0.05, 0.1) is 6.42 Å². The Morgan fingerprint density at radius 2 is 1.69 bits per heavy atom. The summed E-state index contributed by atoms with van der Waals surface area (Å²) in [5.74, 6) is 1.15. The molecule has 0 atom stereocenters. The van der Waals surface area contributed by atoms with Crippen molar-refractivity contribution in [1.29, 1.82) is 0 Å². The molecule has 156 valence electrons. The maximum absolute atomic E-state index is 12.0. The van der Waals surface area contributed by atoms with Gasteiger partial charge in [0.25, 0.3) is 0 Å². The summed E-state index contributed by atoms with van der Waals surface area (Å²) in [5.41, 5.74) is 0.981. The second kappa shape index (κ2) is 11.2. The molecule has 5 nitrogen and oxygen atoms in total. The molecule has 0 unspecified atom stereocenters. The smallest absolute Gasteiger partial charge is 0.315 e. The first-order chi connectivity index (χ1) is 14.1. The number of nitrogens with one attached hydrogen (secondary N) is 3. The number of amides is 3. The summed E-state index contributed by atoms with van der Waals surface area (Å²) in [5, 5.41) is 11.6. The lowest BCUT2D eigenvalue weighted by molar-refractivity contribution is -0.120. The summed E-state index contributed by atoms with van der Waals surface area (Å²) >= 11 is 7.57. The van der Waals surface area contributed by atoms with Crippen LogP contribution in [0.5, 0.6) is 0 Å². The highest BCUT2D eigenvalue weighted by Crippen LogP contribution is 2.28. The summed E-state index contributed by atoms with van der Waals surface area (Å²) in [7, 11) is 0. The number of hydrogen-bond donors (Lipinski definition) is 3. The van der Waals surface area contributed by atoms with Gasteiger partial charge in [-0.25, -0.2) is 4.79 Å². The van der Waals surface area contributed by atoms with Crippen molar-refractivity contribution in [2.45, 2.75) is 38.6 Å². The van der Waals surface area contributed by atoms with Gasteiger partial charge in [-0.3, -0.25) is 4.79 Å². The molecule has 3 amide bonds. The molecule has 0 radical (unpaired) electrons. The van der Waals surface area contributed by atoms with Crippen LogP contribution in [0.25, 0.3) is 0 Å². The minimum Gasteiger partial charge on any atom is -0.356 e. The molecular weight excluding hydrogens is 406 g/mol. The fourth-order valence-electron chi connectivity index (χ4n) is 3.66. The van der Waals surface area contributed by atoms with Crippen LogP contribution in [0.4, 0.5) is 4.79 Å². The Kier molecular flexibility index (Phi) is 8.38. The van der Waals surface area contributed by atoms with Crippen LogP contribution in [0.2, 0.25) is 5.02 Å². The molecule has 29 heavy (non-hydrogen) atoms. The van der Waals surface area contributed by atoms with Gasteiger partial charge in [-0.1, -0.05) is 29.8 Å². The molecule has 0 bridgehead atoms. The monoisotopic (exact) mass is 433 g/mol. The van der Waals surface area contributed by atoms with Gasteiger partial charge in [-0.15, -0.1) is 11.3 Å². The first kappa shape index (κ1) is 21.7. The van der Waals surface area contributed by atoms with E-state index in [0.29, 0.717) is 36.4 Å². The first-order valence-corrected chi connectivity index (χ1v) is 11.4. The van der Waals surface area contributed by atoms with Gasteiger partial charge in [-0.2, -0.15) is 0 Å². The third-order valence-corrected chi connectivity index (χ3v) is 6.47. The van der Waals surface area contributed by atoms with E-state index >= 15 is 0 Å². The summed E-state index contributed by atoms with van der Waals surface area (Å²) in [6, 6.07) is 11.3. The predicted octanol–water partition coefficient (Wildman–Crippen LogP) is 4.37. The van der Waals surface area contributed by atoms with E-state index in [1.165, 1.54) is 0 Å². The molecule has 0 spiro atoms. The number of thiophene rings is 1. The van der Waals surface area contributed by atoms with Gasteiger partial charge in [0.1, 0.15) is 0 Å². The molecule has 1 saturated carbocycles. The second-order valence-electron chi connectivity index (χ2n) is 7.64. The van der Waals surface area contributed by atoms with E-state index in [4.69, 9.17) is 11.6 Å². The van der Waals surface area contributed by atoms with Gasteiger partial charge in [0.2, 0.25) is 5.91 Å². The van der Waals surface area contributed by atoms with Gasteiger partial charge >= 0.3 is 6.03 Å². The van der Waals surface area contributed by atoms with Gasteiger partial charge in [-0.05, 0) is 66.7 Å². The van der Waals surface area contributed by atoms with Gasteiger partial charge in [0.15, 0.2) is 0 Å². The third kappa shape index (κ3) is 7.71. The summed E-state index contributed by atoms with van der Waals surface area (Å²) in [6.45, 7) is 1.91. The van der Waals surface area contributed by atoms with Crippen LogP contribution in [0.3, 0.4) is 0 Å². The van der Waals surface area contributed by atoms with Crippen LogP contribution in [0, 0.1) is 11.8 Å². The minimum absolute atomic E-state index is 0.104. The van der Waals surface area contributed by atoms with Crippen molar-refractivity contribution in [2.24, 2.45) is 11.8 Å². The Labute approximate surface area is 181 Å². The Hall–Kier alpha value is -2.05. The van der Waals surface area contributed by atoms with E-state index < -0.39 is 0 Å². The standard InChI is InChI=1S/C22H28ClN3O2S/c23-19-4-1-3-18(11-19)15-26-22(28)25-14-17-8-6-16(7-9-17)13-24-21(27)12-20-5-2-10-29-20/h1-5,10-11,16-17H,6-9,12-15H2,(H,24,27)(H2,25,26,28). The van der Waals surface area contributed by atoms with E-state index in [1.54, 1.807) is 11.3 Å². The number of urea groups is 1. The Morgan fingerprint density at radius 3 is 2.34 bits per heavy atom. The van der Waals surface area contributed by atoms with E-state index in [-0.39, 0.29) is 11.9 Å². The van der Waals surface area contributed by atoms with Crippen molar-refractivity contribution in [3.63, 3.8) is 0 Å². The highest BCUT2D eigenvalue weighted by atomic mass is 35.5. The van der Waals surface area contributed by atoms with Crippen LogP contribution in [-0.4, -0.2) is 25.0 Å². The molecule has 1 aromatic carbocycles. The molecule has 1 aromatic heterocycles. The number of benzene rings is 1. The maximum atomic E-state index is 12.0. The quantitative estimate of drug-likeness (QED) is 0.578. The zero-order chi connectivity index (χ0) is 20.5. The SMILES string of the molecule is O=C(Cc1cccs1)NCC1CCC(CNC(=O)NCc2cccc(Cl)c2)CC1. The lowest BCUT2D eigenvalue weighted by Gasteiger charge is -2.28. The maximum Gasteiger partial charge on any atom is 0.315 e. The summed E-state index contributed by atoms with van der Waals surface area (Å²) < 4.78 is 0. The zero-order valence-corrected chi connectivity index (χ0v) is 18.0. The highest BCUT2D eigenvalue weighted by molar-refractivity contribution is 7.10. The summed E-state index contributed by atoms with van der Waals surface area (Å²) in [6.07, 6.45) is 4.83. The first-order valence-electron chi connectivity index (χ1n) is 10.1. The molecule has 3 N–H and O–H groups in total. The Balaban J connectivity index is 1.26. The van der Waals surface area contributed by atoms with E-state index in [2.05, 4.69) is 16.0 Å². The highest BCUT2D eigenvalue weighted by Gasteiger charge is 2.22. The van der Waals surface area contributed by atoms with Crippen LogP contribution in [0.15, 0.2) is 41.8 Å². The van der Waals surface area contributed by atoms with E-state index in [9.17, 15) is 9.59 Å². The van der Waals surface area contributed by atoms with Gasteiger partial charge < -0.3 is 16.0 Å². The van der Waals surface area contributed by atoms with Crippen LogP contribution in [0.1, 0.15) is 36.1 Å². The molecule has 1 heterocycles. The number of carbonyl (C=O) groups excluding carboxylic acids is 2. The molecule has 3 rings (SSSR count). The molecule has 2 aromatic rings. The topological polar surface area (TPSA) is 70.2 Å². The van der Waals surface area contributed by atoms with Crippen LogP contribution >= 0.6 is 22.9 Å². The fourth-order valence-corrected chi connectivity index (χ4v) is 4.58. The predicted molar refractivity (Wildman–Crippen MR) is 118 cm³/mol. The van der Waals surface area contributed by atoms with Crippen molar-refractivity contribution in [3.8, 4) is 0 Å². The number of hydrogen-bond acceptors (Lipinski definition) is 3. The molecular formula is C22H28ClN3O2S. The fraction of sp³-hybridized carbons (Fsp3) is 0.455. The zero-order valence-electron chi connectivity index (χ0n) is 16.5. The number of carbonyl (C=O) groups is 2. The van der Waals surface area contributed by atoms with Crippen molar-refractivity contribution < 1.29 is 9.59 Å². The van der Waals surface area contributed by atoms with Crippen LogP contribution < -0.4 is 16.0 Å². The number of halogens is 1. The van der Waals surface area contributed by atoms with Crippen LogP contribution in [-0.2, 0) is 17.8 Å². The lowest BCUT2D eigenvalue weighted by atomic mass is 9.82. The molecule has 0 aliphatic heterocycles. The molecule has 0 saturated heterocycles. The lowest BCUT2D eigenvalue weighted by Crippen LogP contribution is -2.39. The minimum atomic E-state index is -0.145. The van der Waals surface area contributed by atoms with Crippen molar-refractivity contribution in [3.05, 3.63) is 57.2 Å². The van der Waals surface area contributed by atoms with Crippen molar-refractivity contribution in [2.75, 3.05) is 13.1 Å². The average Bonchev–Trinajstić information content (AvgIpc) is 3.23. The third-order valence-electron chi connectivity index (χ3n) is 5.36. The largest absolute Gasteiger partial charge is 0.356 e. The second-order valence-corrected chi connectivity index (χ2v) is 9.11. The van der Waals surface area contributed by atoms with E-state index in [1.807, 2.05) is 41.8 Å². The number of rotatable bonds is 8. The Morgan fingerprint density at radius 1 is 0.966 bits per heavy atom. The Bertz CT molecular complexity index is 789. The normalized spacial score (nSPS) is 18.8. The average molecular weight is 434 g/mol. The summed E-state index contributed by atoms with van der Waals surface area (Å²) in [4.78, 5) is 25.1. The molecule has 1 aliphatic rings. The van der Waals surface area contributed by atoms with Crippen molar-refractivity contribution >= 4 is 34.9 Å². The van der Waals surface area contributed by atoms with Gasteiger partial charge in [0, 0.05) is 29.5 Å². The molecule has 1 aliphatic carbocycles. The van der Waals surface area contributed by atoms with E-state index in [0.717, 1.165) is 42.7 Å². The molecule has 7 heteroatoms. The molecule has 1 fully saturated rings. The van der Waals surface area contributed by atoms with Crippen molar-refractivity contribution in [1.82, 2.24) is 16.0 Å².